The van der Waals surface area contributed by atoms with Gasteiger partial charge >= 0.3 is 5.97 Å². The zero-order valence-electron chi connectivity index (χ0n) is 6.21. The second-order valence-electron chi connectivity index (χ2n) is 2.48. The molecule has 0 saturated heterocycles. The largest absolute Gasteiger partial charge is 0.480 e. The molecule has 0 radical (unpaired) electrons. The van der Waals surface area contributed by atoms with E-state index in [1.54, 1.807) is 0 Å². The molecule has 0 spiro atoms. The summed E-state index contributed by atoms with van der Waals surface area (Å²) >= 11 is 0. The first-order valence-corrected chi connectivity index (χ1v) is 3.37. The van der Waals surface area contributed by atoms with Crippen LogP contribution < -0.4 is 11.5 Å². The van der Waals surface area contributed by atoms with Crippen LogP contribution in [0.5, 0.6) is 0 Å². The SMILES string of the molecule is CC(CC[NH3+])C(N)C(=O)O. The molecule has 6 N–H and O–H groups in total. The van der Waals surface area contributed by atoms with Gasteiger partial charge in [0.15, 0.2) is 0 Å². The van der Waals surface area contributed by atoms with Gasteiger partial charge in [0.25, 0.3) is 0 Å². The van der Waals surface area contributed by atoms with Gasteiger partial charge in [-0.2, -0.15) is 0 Å². The van der Waals surface area contributed by atoms with Gasteiger partial charge in [-0.1, -0.05) is 6.92 Å². The molecule has 0 aliphatic rings. The maximum atomic E-state index is 10.3. The molecule has 0 aliphatic heterocycles. The van der Waals surface area contributed by atoms with E-state index in [1.165, 1.54) is 0 Å². The Morgan fingerprint density at radius 3 is 2.60 bits per heavy atom. The number of quaternary nitrogens is 1. The Kier molecular flexibility index (Phi) is 3.99. The molecule has 0 fully saturated rings. The van der Waals surface area contributed by atoms with Gasteiger partial charge in [0, 0.05) is 6.42 Å². The van der Waals surface area contributed by atoms with Gasteiger partial charge in [-0.15, -0.1) is 0 Å². The van der Waals surface area contributed by atoms with Crippen LogP contribution in [0.25, 0.3) is 0 Å². The predicted octanol–water partition coefficient (Wildman–Crippen LogP) is -1.33. The Labute approximate surface area is 60.2 Å². The maximum absolute atomic E-state index is 10.3. The van der Waals surface area contributed by atoms with Crippen molar-refractivity contribution in [2.45, 2.75) is 19.4 Å². The van der Waals surface area contributed by atoms with Crippen molar-refractivity contribution in [1.29, 1.82) is 0 Å². The highest BCUT2D eigenvalue weighted by Gasteiger charge is 2.19. The molecule has 0 bridgehead atoms. The van der Waals surface area contributed by atoms with Gasteiger partial charge in [-0.25, -0.2) is 0 Å². The van der Waals surface area contributed by atoms with Crippen LogP contribution >= 0.6 is 0 Å². The van der Waals surface area contributed by atoms with E-state index in [0.717, 1.165) is 13.0 Å². The third-order valence-corrected chi connectivity index (χ3v) is 1.56. The summed E-state index contributed by atoms with van der Waals surface area (Å²) in [7, 11) is 0. The van der Waals surface area contributed by atoms with Gasteiger partial charge in [0.1, 0.15) is 6.04 Å². The molecule has 0 aromatic carbocycles. The van der Waals surface area contributed by atoms with E-state index in [2.05, 4.69) is 5.73 Å². The number of carboxylic acids is 1. The lowest BCUT2D eigenvalue weighted by Gasteiger charge is -2.12. The zero-order valence-corrected chi connectivity index (χ0v) is 6.21. The Balaban J connectivity index is 3.69. The lowest BCUT2D eigenvalue weighted by Crippen LogP contribution is -2.52. The highest BCUT2D eigenvalue weighted by molar-refractivity contribution is 5.73. The molecule has 2 unspecified atom stereocenters. The fraction of sp³-hybridized carbons (Fsp3) is 0.833. The van der Waals surface area contributed by atoms with Crippen LogP contribution in [0.4, 0.5) is 0 Å². The lowest BCUT2D eigenvalue weighted by atomic mass is 10.00. The van der Waals surface area contributed by atoms with Gasteiger partial charge in [-0.3, -0.25) is 4.79 Å². The van der Waals surface area contributed by atoms with E-state index < -0.39 is 12.0 Å². The summed E-state index contributed by atoms with van der Waals surface area (Å²) in [6, 6.07) is -0.734. The van der Waals surface area contributed by atoms with Gasteiger partial charge in [0.05, 0.1) is 6.54 Å². The number of aliphatic carboxylic acids is 1. The Morgan fingerprint density at radius 1 is 1.80 bits per heavy atom. The minimum atomic E-state index is -0.930. The van der Waals surface area contributed by atoms with Crippen molar-refractivity contribution in [1.82, 2.24) is 0 Å². The monoisotopic (exact) mass is 147 g/mol. The molecule has 4 heteroatoms. The van der Waals surface area contributed by atoms with E-state index >= 15 is 0 Å². The molecular weight excluding hydrogens is 132 g/mol. The fourth-order valence-electron chi connectivity index (χ4n) is 0.745. The highest BCUT2D eigenvalue weighted by atomic mass is 16.4. The smallest absolute Gasteiger partial charge is 0.320 e. The number of carboxylic acid groups (broad SMARTS) is 1. The number of carbonyl (C=O) groups is 1. The first-order chi connectivity index (χ1) is 4.59. The molecular formula is C6H15N2O2+. The normalized spacial score (nSPS) is 16.3. The highest BCUT2D eigenvalue weighted by Crippen LogP contribution is 2.03. The van der Waals surface area contributed by atoms with Crippen molar-refractivity contribution in [3.05, 3.63) is 0 Å². The first-order valence-electron chi connectivity index (χ1n) is 3.37. The Hall–Kier alpha value is -0.610. The van der Waals surface area contributed by atoms with Gasteiger partial charge in [0.2, 0.25) is 0 Å². The van der Waals surface area contributed by atoms with Crippen LogP contribution in [0.1, 0.15) is 13.3 Å². The van der Waals surface area contributed by atoms with Crippen molar-refractivity contribution < 1.29 is 15.6 Å². The molecule has 2 atom stereocenters. The topological polar surface area (TPSA) is 91.0 Å². The first kappa shape index (κ1) is 9.39. The zero-order chi connectivity index (χ0) is 8.15. The summed E-state index contributed by atoms with van der Waals surface area (Å²) in [5.41, 5.74) is 8.94. The molecule has 0 rings (SSSR count). The van der Waals surface area contributed by atoms with E-state index in [0.29, 0.717) is 0 Å². The van der Waals surface area contributed by atoms with Crippen LogP contribution in [0.2, 0.25) is 0 Å². The molecule has 0 amide bonds. The number of rotatable bonds is 4. The number of nitrogens with two attached hydrogens (primary N) is 1. The van der Waals surface area contributed by atoms with E-state index in [9.17, 15) is 4.79 Å². The fourth-order valence-corrected chi connectivity index (χ4v) is 0.745. The molecule has 4 nitrogen and oxygen atoms in total. The lowest BCUT2D eigenvalue weighted by molar-refractivity contribution is -0.370. The summed E-state index contributed by atoms with van der Waals surface area (Å²) in [6.07, 6.45) is 0.771. The average molecular weight is 147 g/mol. The van der Waals surface area contributed by atoms with E-state index in [-0.39, 0.29) is 5.92 Å². The van der Waals surface area contributed by atoms with Crippen molar-refractivity contribution in [3.63, 3.8) is 0 Å². The van der Waals surface area contributed by atoms with Crippen LogP contribution in [-0.4, -0.2) is 23.7 Å². The molecule has 0 aliphatic carbocycles. The van der Waals surface area contributed by atoms with Crippen molar-refractivity contribution in [2.24, 2.45) is 11.7 Å². The second-order valence-corrected chi connectivity index (χ2v) is 2.48. The predicted molar refractivity (Wildman–Crippen MR) is 37.1 cm³/mol. The van der Waals surface area contributed by atoms with E-state index in [4.69, 9.17) is 10.8 Å². The maximum Gasteiger partial charge on any atom is 0.320 e. The Morgan fingerprint density at radius 2 is 2.30 bits per heavy atom. The third kappa shape index (κ3) is 2.80. The molecule has 60 valence electrons. The standard InChI is InChI=1S/C6H14N2O2/c1-4(2-3-7)5(8)6(9)10/h4-5H,2-3,7-8H2,1H3,(H,9,10)/p+1. The van der Waals surface area contributed by atoms with Crippen LogP contribution in [0.3, 0.4) is 0 Å². The summed E-state index contributed by atoms with van der Waals surface area (Å²) in [5.74, 6) is -0.907. The van der Waals surface area contributed by atoms with Crippen molar-refractivity contribution in [3.8, 4) is 0 Å². The minimum Gasteiger partial charge on any atom is -0.480 e. The van der Waals surface area contributed by atoms with Gasteiger partial charge < -0.3 is 16.6 Å². The quantitative estimate of drug-likeness (QED) is 0.460. The summed E-state index contributed by atoms with van der Waals surface area (Å²) in [6.45, 7) is 2.56. The minimum absolute atomic E-state index is 0.0231. The molecule has 10 heavy (non-hydrogen) atoms. The van der Waals surface area contributed by atoms with Crippen molar-refractivity contribution >= 4 is 5.97 Å². The molecule has 0 aromatic rings. The van der Waals surface area contributed by atoms with Crippen LogP contribution in [-0.2, 0) is 4.79 Å². The summed E-state index contributed by atoms with van der Waals surface area (Å²) < 4.78 is 0. The average Bonchev–Trinajstić information content (AvgIpc) is 1.87. The molecule has 0 aromatic heterocycles. The molecule has 0 heterocycles. The van der Waals surface area contributed by atoms with Crippen LogP contribution in [0.15, 0.2) is 0 Å². The second kappa shape index (κ2) is 4.24. The molecule has 0 saturated carbocycles. The number of hydrogen-bond donors (Lipinski definition) is 3. The Bertz CT molecular complexity index is 116. The van der Waals surface area contributed by atoms with E-state index in [1.807, 2.05) is 6.92 Å². The third-order valence-electron chi connectivity index (χ3n) is 1.56. The summed E-state index contributed by atoms with van der Waals surface area (Å²) in [4.78, 5) is 10.3. The summed E-state index contributed by atoms with van der Waals surface area (Å²) in [5, 5.41) is 8.43. The van der Waals surface area contributed by atoms with Gasteiger partial charge in [-0.05, 0) is 5.92 Å². The van der Waals surface area contributed by atoms with Crippen LogP contribution in [0, 0.1) is 5.92 Å². The van der Waals surface area contributed by atoms with Crippen molar-refractivity contribution in [2.75, 3.05) is 6.54 Å². The number of hydrogen-bond acceptors (Lipinski definition) is 2.